The Morgan fingerprint density at radius 2 is 2.21 bits per heavy atom. The first kappa shape index (κ1) is 11.6. The van der Waals surface area contributed by atoms with Crippen molar-refractivity contribution in [1.29, 1.82) is 0 Å². The van der Waals surface area contributed by atoms with Crippen LogP contribution in [0.4, 0.5) is 8.78 Å². The topological polar surface area (TPSA) is 50.2 Å². The summed E-state index contributed by atoms with van der Waals surface area (Å²) in [6.45, 7) is 0. The Labute approximate surface area is 96.2 Å². The minimum Gasteiger partial charge on any atom is -0.478 e. The number of hydrogen-bond acceptors (Lipinski definition) is 2. The normalized spacial score (nSPS) is 10.6. The summed E-state index contributed by atoms with van der Waals surface area (Å²) >= 11 is 7.20. The summed E-state index contributed by atoms with van der Waals surface area (Å²) in [7, 11) is 0. The van der Waals surface area contributed by atoms with E-state index in [1.165, 1.54) is 6.07 Å². The van der Waals surface area contributed by atoms with Gasteiger partial charge in [0.15, 0.2) is 0 Å². The second-order valence-corrected chi connectivity index (χ2v) is 3.81. The Kier molecular flexibility index (Phi) is 3.59. The number of alkyl halides is 2. The number of aromatic carboxylic acids is 1. The lowest BCUT2D eigenvalue weighted by Crippen LogP contribution is -2.07. The monoisotopic (exact) mass is 333 g/mol. The molecule has 1 N–H and O–H groups in total. The van der Waals surface area contributed by atoms with Crippen LogP contribution in [-0.4, -0.2) is 16.1 Å². The van der Waals surface area contributed by atoms with Crippen molar-refractivity contribution >= 4 is 40.2 Å². The van der Waals surface area contributed by atoms with E-state index < -0.39 is 23.7 Å². The van der Waals surface area contributed by atoms with Crippen LogP contribution >= 0.6 is 34.2 Å². The number of carboxylic acid groups (broad SMARTS) is 1. The smallest absolute Gasteiger partial charge is 0.339 e. The second kappa shape index (κ2) is 4.35. The van der Waals surface area contributed by atoms with E-state index in [1.54, 1.807) is 22.6 Å². The zero-order chi connectivity index (χ0) is 10.9. The standard InChI is InChI=1S/C7H3ClF2INO2/c8-2-1-3(11)12-5(6(9)10)4(2)7(13)14/h1,6H,(H,13,14). The molecule has 0 aliphatic heterocycles. The molecule has 76 valence electrons. The quantitative estimate of drug-likeness (QED) is 0.669. The van der Waals surface area contributed by atoms with Gasteiger partial charge in [-0.3, -0.25) is 0 Å². The zero-order valence-corrected chi connectivity index (χ0v) is 9.38. The molecule has 0 saturated heterocycles. The number of aromatic nitrogens is 1. The number of nitrogens with zero attached hydrogens (tertiary/aromatic N) is 1. The van der Waals surface area contributed by atoms with Crippen LogP contribution in [0.25, 0.3) is 0 Å². The molecule has 0 radical (unpaired) electrons. The van der Waals surface area contributed by atoms with Crippen molar-refractivity contribution in [3.8, 4) is 0 Å². The van der Waals surface area contributed by atoms with Gasteiger partial charge >= 0.3 is 5.97 Å². The van der Waals surface area contributed by atoms with Crippen molar-refractivity contribution in [3.63, 3.8) is 0 Å². The molecule has 3 nitrogen and oxygen atoms in total. The first-order chi connectivity index (χ1) is 6.43. The van der Waals surface area contributed by atoms with Crippen LogP contribution < -0.4 is 0 Å². The third kappa shape index (κ3) is 2.30. The number of pyridine rings is 1. The molecule has 1 aromatic heterocycles. The lowest BCUT2D eigenvalue weighted by atomic mass is 10.2. The molecule has 0 aromatic carbocycles. The largest absolute Gasteiger partial charge is 0.478 e. The number of rotatable bonds is 2. The van der Waals surface area contributed by atoms with Gasteiger partial charge in [-0.15, -0.1) is 0 Å². The van der Waals surface area contributed by atoms with Gasteiger partial charge in [-0.2, -0.15) is 0 Å². The Bertz CT molecular complexity index is 386. The van der Waals surface area contributed by atoms with Gasteiger partial charge in [-0.05, 0) is 28.7 Å². The third-order valence-electron chi connectivity index (χ3n) is 1.39. The van der Waals surface area contributed by atoms with Crippen LogP contribution in [0.3, 0.4) is 0 Å². The lowest BCUT2D eigenvalue weighted by molar-refractivity contribution is 0.0682. The van der Waals surface area contributed by atoms with E-state index in [0.717, 1.165) is 0 Å². The fourth-order valence-corrected chi connectivity index (χ4v) is 1.91. The van der Waals surface area contributed by atoms with Crippen LogP contribution in [-0.2, 0) is 0 Å². The van der Waals surface area contributed by atoms with Gasteiger partial charge in [0.1, 0.15) is 15.0 Å². The molecule has 0 aliphatic rings. The highest BCUT2D eigenvalue weighted by Gasteiger charge is 2.23. The fourth-order valence-electron chi connectivity index (χ4n) is 0.872. The van der Waals surface area contributed by atoms with E-state index in [0.29, 0.717) is 0 Å². The average molecular weight is 333 g/mol. The van der Waals surface area contributed by atoms with Crippen molar-refractivity contribution in [1.82, 2.24) is 4.98 Å². The van der Waals surface area contributed by atoms with Gasteiger partial charge in [-0.1, -0.05) is 11.6 Å². The van der Waals surface area contributed by atoms with Crippen molar-refractivity contribution in [2.75, 3.05) is 0 Å². The molecule has 0 spiro atoms. The molecule has 1 heterocycles. The van der Waals surface area contributed by atoms with Crippen LogP contribution in [0.15, 0.2) is 6.07 Å². The Morgan fingerprint density at radius 3 is 2.64 bits per heavy atom. The van der Waals surface area contributed by atoms with E-state index in [4.69, 9.17) is 16.7 Å². The highest BCUT2D eigenvalue weighted by Crippen LogP contribution is 2.27. The molecular weight excluding hydrogens is 330 g/mol. The van der Waals surface area contributed by atoms with Crippen molar-refractivity contribution in [2.45, 2.75) is 6.43 Å². The van der Waals surface area contributed by atoms with E-state index in [9.17, 15) is 13.6 Å². The van der Waals surface area contributed by atoms with Crippen LogP contribution in [0.5, 0.6) is 0 Å². The van der Waals surface area contributed by atoms with Crippen molar-refractivity contribution < 1.29 is 18.7 Å². The summed E-state index contributed by atoms with van der Waals surface area (Å²) in [6, 6.07) is 1.22. The van der Waals surface area contributed by atoms with Gasteiger partial charge in [0, 0.05) is 0 Å². The number of hydrogen-bond donors (Lipinski definition) is 1. The Hall–Kier alpha value is -0.500. The highest BCUT2D eigenvalue weighted by atomic mass is 127. The van der Waals surface area contributed by atoms with Crippen molar-refractivity contribution in [3.05, 3.63) is 26.0 Å². The predicted octanol–water partition coefficient (Wildman–Crippen LogP) is 2.98. The minimum absolute atomic E-state index is 0.229. The van der Waals surface area contributed by atoms with Gasteiger partial charge < -0.3 is 5.11 Å². The van der Waals surface area contributed by atoms with E-state index in [1.807, 2.05) is 0 Å². The summed E-state index contributed by atoms with van der Waals surface area (Å²) in [4.78, 5) is 14.0. The molecule has 1 aromatic rings. The number of carboxylic acids is 1. The molecule has 0 unspecified atom stereocenters. The number of carbonyl (C=O) groups is 1. The molecule has 0 saturated carbocycles. The van der Waals surface area contributed by atoms with Gasteiger partial charge in [0.25, 0.3) is 6.43 Å². The molecule has 0 fully saturated rings. The highest BCUT2D eigenvalue weighted by molar-refractivity contribution is 14.1. The van der Waals surface area contributed by atoms with E-state index >= 15 is 0 Å². The molecule has 0 atom stereocenters. The maximum atomic E-state index is 12.4. The maximum absolute atomic E-state index is 12.4. The second-order valence-electron chi connectivity index (χ2n) is 2.29. The Balaban J connectivity index is 3.44. The van der Waals surface area contributed by atoms with Crippen LogP contribution in [0.2, 0.25) is 5.02 Å². The van der Waals surface area contributed by atoms with Gasteiger partial charge in [-0.25, -0.2) is 18.6 Å². The molecular formula is C7H3ClF2INO2. The van der Waals surface area contributed by atoms with E-state index in [2.05, 4.69) is 4.98 Å². The SMILES string of the molecule is O=C(O)c1c(Cl)cc(I)nc1C(F)F. The van der Waals surface area contributed by atoms with Gasteiger partial charge in [0.05, 0.1) is 5.02 Å². The van der Waals surface area contributed by atoms with E-state index in [-0.39, 0.29) is 8.72 Å². The fraction of sp³-hybridized carbons (Fsp3) is 0.143. The molecule has 0 bridgehead atoms. The Morgan fingerprint density at radius 1 is 1.64 bits per heavy atom. The lowest BCUT2D eigenvalue weighted by Gasteiger charge is -2.06. The summed E-state index contributed by atoms with van der Waals surface area (Å²) in [5, 5.41) is 8.40. The summed E-state index contributed by atoms with van der Waals surface area (Å²) < 4.78 is 24.9. The zero-order valence-electron chi connectivity index (χ0n) is 6.47. The van der Waals surface area contributed by atoms with Crippen LogP contribution in [0.1, 0.15) is 22.5 Å². The first-order valence-electron chi connectivity index (χ1n) is 3.31. The van der Waals surface area contributed by atoms with Crippen LogP contribution in [0, 0.1) is 3.70 Å². The van der Waals surface area contributed by atoms with Gasteiger partial charge in [0.2, 0.25) is 0 Å². The predicted molar refractivity (Wildman–Crippen MR) is 53.9 cm³/mol. The summed E-state index contributed by atoms with van der Waals surface area (Å²) in [5.41, 5.74) is -1.43. The average Bonchev–Trinajstić information content (AvgIpc) is 2.01. The summed E-state index contributed by atoms with van der Waals surface area (Å²) in [6.07, 6.45) is -2.95. The molecule has 7 heteroatoms. The molecule has 0 amide bonds. The third-order valence-corrected chi connectivity index (χ3v) is 2.24. The molecule has 14 heavy (non-hydrogen) atoms. The van der Waals surface area contributed by atoms with Crippen molar-refractivity contribution in [2.24, 2.45) is 0 Å². The number of halogens is 4. The first-order valence-corrected chi connectivity index (χ1v) is 4.76. The molecule has 1 rings (SSSR count). The summed E-state index contributed by atoms with van der Waals surface area (Å²) in [5.74, 6) is -1.51. The molecule has 0 aliphatic carbocycles. The minimum atomic E-state index is -2.95. The maximum Gasteiger partial charge on any atom is 0.339 e.